The lowest BCUT2D eigenvalue weighted by molar-refractivity contribution is -0.140. The van der Waals surface area contributed by atoms with Crippen LogP contribution in [0.5, 0.6) is 11.5 Å². The first-order chi connectivity index (χ1) is 22.6. The SMILES string of the molecule is CC[C@@H](C)NC(=O)[C@@H](Cc1ccccc1)N(Cc1cccc(Cl)c1)C(=O)CN(c1ccccc1OC)S(=O)(=O)c1ccc(OC)cc1. The van der Waals surface area contributed by atoms with Crippen LogP contribution in [0.4, 0.5) is 5.69 Å². The number of carbonyl (C=O) groups excluding carboxylic acids is 2. The highest BCUT2D eigenvalue weighted by Gasteiger charge is 2.35. The number of benzene rings is 4. The van der Waals surface area contributed by atoms with E-state index in [1.165, 1.54) is 43.4 Å². The van der Waals surface area contributed by atoms with Crippen molar-refractivity contribution in [2.75, 3.05) is 25.1 Å². The summed E-state index contributed by atoms with van der Waals surface area (Å²) >= 11 is 6.32. The number of halogens is 1. The maximum absolute atomic E-state index is 14.6. The van der Waals surface area contributed by atoms with E-state index in [1.807, 2.05) is 50.2 Å². The van der Waals surface area contributed by atoms with Gasteiger partial charge in [0.15, 0.2) is 0 Å². The van der Waals surface area contributed by atoms with Gasteiger partial charge in [0.2, 0.25) is 11.8 Å². The van der Waals surface area contributed by atoms with Crippen LogP contribution in [-0.4, -0.2) is 58.0 Å². The fraction of sp³-hybridized carbons (Fsp3) is 0.278. The van der Waals surface area contributed by atoms with Gasteiger partial charge in [0, 0.05) is 24.0 Å². The van der Waals surface area contributed by atoms with Gasteiger partial charge in [-0.15, -0.1) is 0 Å². The minimum Gasteiger partial charge on any atom is -0.497 e. The number of hydrogen-bond donors (Lipinski definition) is 1. The Bertz CT molecular complexity index is 1750. The number of methoxy groups -OCH3 is 2. The average molecular weight is 678 g/mol. The van der Waals surface area contributed by atoms with Crippen molar-refractivity contribution < 1.29 is 27.5 Å². The van der Waals surface area contributed by atoms with Gasteiger partial charge in [-0.25, -0.2) is 8.42 Å². The molecule has 0 bridgehead atoms. The summed E-state index contributed by atoms with van der Waals surface area (Å²) < 4.78 is 40.4. The number of nitrogens with zero attached hydrogens (tertiary/aromatic N) is 2. The van der Waals surface area contributed by atoms with Crippen LogP contribution < -0.4 is 19.1 Å². The summed E-state index contributed by atoms with van der Waals surface area (Å²) in [6.07, 6.45) is 0.892. The first-order valence-corrected chi connectivity index (χ1v) is 17.1. The number of ether oxygens (including phenoxy) is 2. The van der Waals surface area contributed by atoms with Crippen LogP contribution in [-0.2, 0) is 32.6 Å². The third kappa shape index (κ3) is 9.05. The van der Waals surface area contributed by atoms with Crippen molar-refractivity contribution in [3.63, 3.8) is 0 Å². The molecule has 4 rings (SSSR count). The topological polar surface area (TPSA) is 105 Å². The van der Waals surface area contributed by atoms with E-state index in [0.29, 0.717) is 22.8 Å². The maximum atomic E-state index is 14.6. The van der Waals surface area contributed by atoms with E-state index in [1.54, 1.807) is 42.5 Å². The van der Waals surface area contributed by atoms with Gasteiger partial charge in [0.1, 0.15) is 24.1 Å². The summed E-state index contributed by atoms with van der Waals surface area (Å²) in [5, 5.41) is 3.50. The first kappa shape index (κ1) is 35.3. The smallest absolute Gasteiger partial charge is 0.264 e. The van der Waals surface area contributed by atoms with E-state index in [9.17, 15) is 18.0 Å². The van der Waals surface area contributed by atoms with Crippen LogP contribution in [0.25, 0.3) is 0 Å². The molecular weight excluding hydrogens is 638 g/mol. The van der Waals surface area contributed by atoms with Crippen LogP contribution in [0, 0.1) is 0 Å². The molecule has 0 aliphatic carbocycles. The minimum atomic E-state index is -4.32. The molecular formula is C36H40ClN3O6S. The zero-order valence-corrected chi connectivity index (χ0v) is 28.5. The van der Waals surface area contributed by atoms with Gasteiger partial charge in [-0.2, -0.15) is 0 Å². The fourth-order valence-corrected chi connectivity index (χ4v) is 6.69. The summed E-state index contributed by atoms with van der Waals surface area (Å²) in [5.41, 5.74) is 1.70. The second-order valence-corrected chi connectivity index (χ2v) is 13.3. The van der Waals surface area contributed by atoms with Gasteiger partial charge >= 0.3 is 0 Å². The Hall–Kier alpha value is -4.54. The second-order valence-electron chi connectivity index (χ2n) is 11.0. The molecule has 0 radical (unpaired) electrons. The van der Waals surface area contributed by atoms with Gasteiger partial charge in [-0.1, -0.05) is 73.1 Å². The highest BCUT2D eigenvalue weighted by molar-refractivity contribution is 7.92. The molecule has 0 unspecified atom stereocenters. The monoisotopic (exact) mass is 677 g/mol. The molecule has 0 aliphatic heterocycles. The molecule has 4 aromatic carbocycles. The van der Waals surface area contributed by atoms with Crippen molar-refractivity contribution in [3.05, 3.63) is 119 Å². The summed E-state index contributed by atoms with van der Waals surface area (Å²) in [6, 6.07) is 27.8. The third-order valence-electron chi connectivity index (χ3n) is 7.79. The van der Waals surface area contributed by atoms with E-state index >= 15 is 0 Å². The zero-order chi connectivity index (χ0) is 34.0. The molecule has 0 aromatic heterocycles. The lowest BCUT2D eigenvalue weighted by atomic mass is 10.0. The Morgan fingerprint density at radius 2 is 1.51 bits per heavy atom. The number of nitrogens with one attached hydrogen (secondary N) is 1. The molecule has 2 amide bonds. The van der Waals surface area contributed by atoms with Crippen LogP contribution in [0.15, 0.2) is 108 Å². The summed E-state index contributed by atoms with van der Waals surface area (Å²) in [6.45, 7) is 3.25. The van der Waals surface area contributed by atoms with E-state index in [2.05, 4.69) is 5.32 Å². The average Bonchev–Trinajstić information content (AvgIpc) is 3.08. The highest BCUT2D eigenvalue weighted by atomic mass is 35.5. The van der Waals surface area contributed by atoms with E-state index in [4.69, 9.17) is 21.1 Å². The lowest BCUT2D eigenvalue weighted by Gasteiger charge is -2.34. The minimum absolute atomic E-state index is 0.00711. The van der Waals surface area contributed by atoms with Crippen molar-refractivity contribution >= 4 is 39.1 Å². The van der Waals surface area contributed by atoms with Gasteiger partial charge in [0.25, 0.3) is 10.0 Å². The molecule has 0 spiro atoms. The van der Waals surface area contributed by atoms with Gasteiger partial charge < -0.3 is 19.7 Å². The van der Waals surface area contributed by atoms with Gasteiger partial charge in [0.05, 0.1) is 24.8 Å². The van der Waals surface area contributed by atoms with Crippen LogP contribution >= 0.6 is 11.6 Å². The Morgan fingerprint density at radius 3 is 2.15 bits per heavy atom. The number of sulfonamides is 1. The molecule has 0 saturated carbocycles. The maximum Gasteiger partial charge on any atom is 0.264 e. The van der Waals surface area contributed by atoms with Crippen molar-refractivity contribution in [3.8, 4) is 11.5 Å². The molecule has 11 heteroatoms. The number of rotatable bonds is 15. The normalized spacial score (nSPS) is 12.4. The molecule has 1 N–H and O–H groups in total. The van der Waals surface area contributed by atoms with Crippen LogP contribution in [0.3, 0.4) is 0 Å². The number of amides is 2. The second kappa shape index (κ2) is 16.3. The lowest BCUT2D eigenvalue weighted by Crippen LogP contribution is -2.54. The van der Waals surface area contributed by atoms with E-state index in [0.717, 1.165) is 9.87 Å². The van der Waals surface area contributed by atoms with Crippen LogP contribution in [0.2, 0.25) is 5.02 Å². The molecule has 248 valence electrons. The number of para-hydroxylation sites is 2. The Kier molecular flexibility index (Phi) is 12.3. The van der Waals surface area contributed by atoms with E-state index in [-0.39, 0.29) is 41.2 Å². The van der Waals surface area contributed by atoms with Gasteiger partial charge in [-0.05, 0) is 73.0 Å². The Morgan fingerprint density at radius 1 is 0.851 bits per heavy atom. The standard InChI is InChI=1S/C36H40ClN3O6S/c1-5-26(2)38-36(42)33(23-27-12-7-6-8-13-27)39(24-28-14-11-15-29(37)22-28)35(41)25-40(32-16-9-10-17-34(32)46-4)47(43,44)31-20-18-30(45-3)19-21-31/h6-22,26,33H,5,23-25H2,1-4H3,(H,38,42)/t26-,33-/m1/s1. The molecule has 0 fully saturated rings. The van der Waals surface area contributed by atoms with Crippen LogP contribution in [0.1, 0.15) is 31.4 Å². The zero-order valence-electron chi connectivity index (χ0n) is 26.9. The highest BCUT2D eigenvalue weighted by Crippen LogP contribution is 2.33. The Labute approximate surface area is 282 Å². The summed E-state index contributed by atoms with van der Waals surface area (Å²) in [7, 11) is -1.40. The molecule has 0 heterocycles. The number of hydrogen-bond acceptors (Lipinski definition) is 6. The van der Waals surface area contributed by atoms with Crippen molar-refractivity contribution in [1.82, 2.24) is 10.2 Å². The molecule has 9 nitrogen and oxygen atoms in total. The summed E-state index contributed by atoms with van der Waals surface area (Å²) in [5.74, 6) is -0.199. The fourth-order valence-electron chi connectivity index (χ4n) is 5.05. The molecule has 0 aliphatic rings. The van der Waals surface area contributed by atoms with Gasteiger partial charge in [-0.3, -0.25) is 13.9 Å². The van der Waals surface area contributed by atoms with Crippen molar-refractivity contribution in [2.24, 2.45) is 0 Å². The summed E-state index contributed by atoms with van der Waals surface area (Å²) in [4.78, 5) is 30.0. The molecule has 2 atom stereocenters. The Balaban J connectivity index is 1.84. The predicted molar refractivity (Wildman–Crippen MR) is 184 cm³/mol. The molecule has 0 saturated heterocycles. The van der Waals surface area contributed by atoms with E-state index < -0.39 is 28.5 Å². The predicted octanol–water partition coefficient (Wildman–Crippen LogP) is 6.11. The molecule has 4 aromatic rings. The van der Waals surface area contributed by atoms with Crippen molar-refractivity contribution in [2.45, 2.75) is 50.2 Å². The number of carbonyl (C=O) groups is 2. The number of anilines is 1. The largest absolute Gasteiger partial charge is 0.497 e. The quantitative estimate of drug-likeness (QED) is 0.163. The van der Waals surface area contributed by atoms with Crippen molar-refractivity contribution in [1.29, 1.82) is 0 Å². The molecule has 47 heavy (non-hydrogen) atoms. The third-order valence-corrected chi connectivity index (χ3v) is 9.80. The first-order valence-electron chi connectivity index (χ1n) is 15.2.